The van der Waals surface area contributed by atoms with E-state index in [-0.39, 0.29) is 36.4 Å². The molecular weight excluding hydrogens is 530 g/mol. The molecule has 3 aromatic rings. The Morgan fingerprint density at radius 2 is 1.77 bits per heavy atom. The summed E-state index contributed by atoms with van der Waals surface area (Å²) in [4.78, 5) is 23.0. The smallest absolute Gasteiger partial charge is 0.278 e. The van der Waals surface area contributed by atoms with E-state index >= 15 is 0 Å². The molecule has 0 unspecified atom stereocenters. The predicted octanol–water partition coefficient (Wildman–Crippen LogP) is 6.10. The van der Waals surface area contributed by atoms with Gasteiger partial charge in [-0.15, -0.1) is 24.8 Å². The van der Waals surface area contributed by atoms with Crippen LogP contribution in [0.2, 0.25) is 10.0 Å². The first-order valence-corrected chi connectivity index (χ1v) is 12.7. The molecular formula is C24H32Cl4N6O. The van der Waals surface area contributed by atoms with Gasteiger partial charge >= 0.3 is 0 Å². The number of nitrogens with zero attached hydrogens (tertiary/aromatic N) is 4. The zero-order valence-corrected chi connectivity index (χ0v) is 22.7. The van der Waals surface area contributed by atoms with E-state index in [9.17, 15) is 4.79 Å². The second-order valence-electron chi connectivity index (χ2n) is 9.38. The Hall–Kier alpha value is -1.51. The summed E-state index contributed by atoms with van der Waals surface area (Å²) in [6.07, 6.45) is 10.7. The predicted molar refractivity (Wildman–Crippen MR) is 148 cm³/mol. The van der Waals surface area contributed by atoms with Crippen LogP contribution in [0.4, 0.5) is 5.95 Å². The maximum Gasteiger partial charge on any atom is 0.278 e. The van der Waals surface area contributed by atoms with Gasteiger partial charge in [-0.2, -0.15) is 5.10 Å². The van der Waals surface area contributed by atoms with Crippen LogP contribution >= 0.6 is 48.0 Å². The van der Waals surface area contributed by atoms with Gasteiger partial charge in [-0.05, 0) is 49.3 Å². The number of aromatic nitrogens is 4. The standard InChI is InChI=1S/C24H30Cl2N6O.2ClH/c25-19-7-6-17(12-20(19)26)13-27-24-29-21-14-28-32(22(21)23(33)30-24)18-8-10-31(11-9-18)15-16-4-2-1-3-5-16;;/h6-7,12,14,16,18H,1-5,8-11,13,15H2,(H2,27,29,30,33);2*1H. The molecule has 1 aromatic carbocycles. The average molecular weight is 562 g/mol. The highest BCUT2D eigenvalue weighted by Crippen LogP contribution is 2.29. The van der Waals surface area contributed by atoms with Crippen LogP contribution in [0, 0.1) is 5.92 Å². The van der Waals surface area contributed by atoms with Crippen LogP contribution in [0.25, 0.3) is 11.0 Å². The van der Waals surface area contributed by atoms with E-state index < -0.39 is 0 Å². The highest BCUT2D eigenvalue weighted by Gasteiger charge is 2.26. The van der Waals surface area contributed by atoms with Crippen LogP contribution in [0.1, 0.15) is 56.6 Å². The van der Waals surface area contributed by atoms with Crippen molar-refractivity contribution in [1.29, 1.82) is 0 Å². The van der Waals surface area contributed by atoms with Crippen LogP contribution in [0.15, 0.2) is 29.2 Å². The van der Waals surface area contributed by atoms with Crippen LogP contribution in [-0.4, -0.2) is 44.3 Å². The quantitative estimate of drug-likeness (QED) is 0.380. The van der Waals surface area contributed by atoms with E-state index in [0.29, 0.717) is 33.6 Å². The minimum atomic E-state index is -0.168. The second-order valence-corrected chi connectivity index (χ2v) is 10.2. The van der Waals surface area contributed by atoms with Gasteiger partial charge in [0.25, 0.3) is 5.56 Å². The molecule has 0 atom stereocenters. The Morgan fingerprint density at radius 3 is 2.49 bits per heavy atom. The number of piperidine rings is 1. The number of H-pyrrole nitrogens is 1. The van der Waals surface area contributed by atoms with Gasteiger partial charge in [0, 0.05) is 26.2 Å². The fraction of sp³-hybridized carbons (Fsp3) is 0.542. The third-order valence-corrected chi connectivity index (χ3v) is 7.78. The van der Waals surface area contributed by atoms with E-state index in [1.165, 1.54) is 38.6 Å². The summed E-state index contributed by atoms with van der Waals surface area (Å²) in [5, 5.41) is 8.73. The van der Waals surface area contributed by atoms with Gasteiger partial charge in [0.05, 0.1) is 22.3 Å². The number of benzene rings is 1. The Morgan fingerprint density at radius 1 is 1.03 bits per heavy atom. The van der Waals surface area contributed by atoms with Crippen LogP contribution in [0.5, 0.6) is 0 Å². The van der Waals surface area contributed by atoms with Crippen molar-refractivity contribution in [3.8, 4) is 0 Å². The number of rotatable bonds is 6. The molecule has 7 nitrogen and oxygen atoms in total. The largest absolute Gasteiger partial charge is 0.352 e. The van der Waals surface area contributed by atoms with Gasteiger partial charge in [-0.3, -0.25) is 14.5 Å². The van der Waals surface area contributed by atoms with Crippen LogP contribution < -0.4 is 10.9 Å². The number of likely N-dealkylation sites (tertiary alicyclic amines) is 1. The minimum absolute atomic E-state index is 0. The molecule has 2 aromatic heterocycles. The Labute approximate surface area is 227 Å². The van der Waals surface area contributed by atoms with Crippen LogP contribution in [0.3, 0.4) is 0 Å². The molecule has 192 valence electrons. The maximum atomic E-state index is 12.9. The lowest BCUT2D eigenvalue weighted by Crippen LogP contribution is -2.38. The van der Waals surface area contributed by atoms with Crippen molar-refractivity contribution in [3.05, 3.63) is 50.4 Å². The monoisotopic (exact) mass is 560 g/mol. The molecule has 0 bridgehead atoms. The third-order valence-electron chi connectivity index (χ3n) is 7.04. The van der Waals surface area contributed by atoms with Crippen molar-refractivity contribution in [2.45, 2.75) is 57.5 Å². The summed E-state index contributed by atoms with van der Waals surface area (Å²) in [7, 11) is 0. The fourth-order valence-electron chi connectivity index (χ4n) is 5.25. The maximum absolute atomic E-state index is 12.9. The SMILES string of the molecule is Cl.Cl.O=c1[nH]c(NCc2ccc(Cl)c(Cl)c2)nc2cnn(C3CCN(CC4CCCCC4)CC3)c12. The van der Waals surface area contributed by atoms with Gasteiger partial charge in [-0.1, -0.05) is 48.5 Å². The van der Waals surface area contributed by atoms with E-state index in [2.05, 4.69) is 25.3 Å². The molecule has 1 aliphatic heterocycles. The highest BCUT2D eigenvalue weighted by atomic mass is 35.5. The number of hydrogen-bond acceptors (Lipinski definition) is 5. The summed E-state index contributed by atoms with van der Waals surface area (Å²) < 4.78 is 1.89. The lowest BCUT2D eigenvalue weighted by Gasteiger charge is -2.35. The molecule has 5 rings (SSSR count). The molecule has 11 heteroatoms. The molecule has 1 aliphatic carbocycles. The normalized spacial score (nSPS) is 17.7. The van der Waals surface area contributed by atoms with Crippen molar-refractivity contribution in [3.63, 3.8) is 0 Å². The molecule has 0 spiro atoms. The number of aromatic amines is 1. The zero-order chi connectivity index (χ0) is 22.8. The van der Waals surface area contributed by atoms with Crippen molar-refractivity contribution in [1.82, 2.24) is 24.6 Å². The summed E-state index contributed by atoms with van der Waals surface area (Å²) in [5.74, 6) is 1.28. The number of hydrogen-bond donors (Lipinski definition) is 2. The molecule has 0 amide bonds. The lowest BCUT2D eigenvalue weighted by atomic mass is 9.88. The summed E-state index contributed by atoms with van der Waals surface area (Å²) in [6, 6.07) is 5.68. The first-order chi connectivity index (χ1) is 16.1. The van der Waals surface area contributed by atoms with Gasteiger partial charge in [-0.25, -0.2) is 4.98 Å². The number of anilines is 1. The Balaban J connectivity index is 0.00000171. The third kappa shape index (κ3) is 6.63. The Kier molecular flexibility index (Phi) is 10.1. The van der Waals surface area contributed by atoms with Gasteiger partial charge in [0.2, 0.25) is 5.95 Å². The summed E-state index contributed by atoms with van der Waals surface area (Å²) in [5.41, 5.74) is 1.95. The van der Waals surface area contributed by atoms with Crippen molar-refractivity contribution in [2.24, 2.45) is 5.92 Å². The van der Waals surface area contributed by atoms with Crippen molar-refractivity contribution < 1.29 is 0 Å². The van der Waals surface area contributed by atoms with E-state index in [0.717, 1.165) is 37.4 Å². The van der Waals surface area contributed by atoms with Crippen LogP contribution in [-0.2, 0) is 6.54 Å². The molecule has 2 aliphatic rings. The molecule has 1 saturated heterocycles. The van der Waals surface area contributed by atoms with Crippen molar-refractivity contribution >= 4 is 65.0 Å². The van der Waals surface area contributed by atoms with Gasteiger partial charge < -0.3 is 10.2 Å². The molecule has 2 N–H and O–H groups in total. The topological polar surface area (TPSA) is 78.8 Å². The zero-order valence-electron chi connectivity index (χ0n) is 19.5. The molecule has 0 radical (unpaired) electrons. The Bertz CT molecular complexity index is 1170. The first-order valence-electron chi connectivity index (χ1n) is 11.9. The van der Waals surface area contributed by atoms with E-state index in [1.807, 2.05) is 10.7 Å². The fourth-order valence-corrected chi connectivity index (χ4v) is 5.57. The molecule has 35 heavy (non-hydrogen) atoms. The van der Waals surface area contributed by atoms with E-state index in [4.69, 9.17) is 23.2 Å². The second kappa shape index (κ2) is 12.6. The minimum Gasteiger partial charge on any atom is -0.352 e. The number of halogens is 4. The molecule has 1 saturated carbocycles. The summed E-state index contributed by atoms with van der Waals surface area (Å²) >= 11 is 12.1. The van der Waals surface area contributed by atoms with Gasteiger partial charge in [0.1, 0.15) is 5.52 Å². The average Bonchev–Trinajstić information content (AvgIpc) is 3.26. The number of nitrogens with one attached hydrogen (secondary N) is 2. The van der Waals surface area contributed by atoms with Crippen molar-refractivity contribution in [2.75, 3.05) is 25.0 Å². The lowest BCUT2D eigenvalue weighted by molar-refractivity contribution is 0.145. The first kappa shape index (κ1) is 28.1. The van der Waals surface area contributed by atoms with Gasteiger partial charge in [0.15, 0.2) is 5.52 Å². The number of fused-ring (bicyclic) bond motifs is 1. The highest BCUT2D eigenvalue weighted by molar-refractivity contribution is 6.42. The molecule has 2 fully saturated rings. The van der Waals surface area contributed by atoms with E-state index in [1.54, 1.807) is 18.3 Å². The molecule has 3 heterocycles. The summed E-state index contributed by atoms with van der Waals surface area (Å²) in [6.45, 7) is 3.83.